The van der Waals surface area contributed by atoms with Crippen molar-refractivity contribution in [1.82, 2.24) is 4.72 Å². The molecule has 0 saturated heterocycles. The van der Waals surface area contributed by atoms with E-state index in [1.807, 2.05) is 18.6 Å². The van der Waals surface area contributed by atoms with E-state index in [1.165, 1.54) is 6.92 Å². The lowest BCUT2D eigenvalue weighted by atomic mass is 9.99. The molecule has 0 aromatic heterocycles. The first-order chi connectivity index (χ1) is 6.28. The van der Waals surface area contributed by atoms with Crippen LogP contribution in [0.3, 0.4) is 0 Å². The maximum Gasteiger partial charge on any atom is 0.236 e. The van der Waals surface area contributed by atoms with Crippen molar-refractivity contribution in [1.29, 1.82) is 0 Å². The standard InChI is InChI=1S/C9H19NO3S/c1-5-14(12,13)10-9(11)8(4)6-7(2)3/h7-8H,5-6H2,1-4H3,(H,10,11). The number of sulfonamides is 1. The molecule has 0 heterocycles. The normalized spacial score (nSPS) is 14.1. The molecule has 5 heteroatoms. The van der Waals surface area contributed by atoms with Crippen LogP contribution in [0.25, 0.3) is 0 Å². The van der Waals surface area contributed by atoms with Gasteiger partial charge in [-0.05, 0) is 19.3 Å². The molecule has 14 heavy (non-hydrogen) atoms. The first-order valence-electron chi connectivity index (χ1n) is 4.82. The average molecular weight is 221 g/mol. The molecule has 0 fully saturated rings. The lowest BCUT2D eigenvalue weighted by Gasteiger charge is -2.13. The van der Waals surface area contributed by atoms with Gasteiger partial charge in [0.2, 0.25) is 15.9 Å². The Hall–Kier alpha value is -0.580. The highest BCUT2D eigenvalue weighted by Crippen LogP contribution is 2.10. The van der Waals surface area contributed by atoms with Crippen LogP contribution in [0.15, 0.2) is 0 Å². The fourth-order valence-electron chi connectivity index (χ4n) is 1.14. The third kappa shape index (κ3) is 5.21. The van der Waals surface area contributed by atoms with E-state index in [2.05, 4.69) is 0 Å². The molecule has 0 rings (SSSR count). The van der Waals surface area contributed by atoms with Crippen LogP contribution in [0.5, 0.6) is 0 Å². The van der Waals surface area contributed by atoms with Crippen LogP contribution in [0.4, 0.5) is 0 Å². The van der Waals surface area contributed by atoms with Crippen LogP contribution in [-0.4, -0.2) is 20.1 Å². The Kier molecular flexibility index (Phi) is 5.12. The summed E-state index contributed by atoms with van der Waals surface area (Å²) in [4.78, 5) is 11.4. The molecule has 1 unspecified atom stereocenters. The summed E-state index contributed by atoms with van der Waals surface area (Å²) in [5.74, 6) is -0.329. The van der Waals surface area contributed by atoms with Gasteiger partial charge in [0.1, 0.15) is 0 Å². The summed E-state index contributed by atoms with van der Waals surface area (Å²) in [5.41, 5.74) is 0. The zero-order valence-electron chi connectivity index (χ0n) is 9.20. The highest BCUT2D eigenvalue weighted by atomic mass is 32.2. The topological polar surface area (TPSA) is 63.2 Å². The van der Waals surface area contributed by atoms with Crippen molar-refractivity contribution in [3.05, 3.63) is 0 Å². The van der Waals surface area contributed by atoms with Crippen molar-refractivity contribution in [3.63, 3.8) is 0 Å². The van der Waals surface area contributed by atoms with Gasteiger partial charge in [-0.2, -0.15) is 0 Å². The summed E-state index contributed by atoms with van der Waals surface area (Å²) in [6.07, 6.45) is 0.699. The predicted octanol–water partition coefficient (Wildman–Crippen LogP) is 1.13. The second kappa shape index (κ2) is 5.34. The maximum absolute atomic E-state index is 11.4. The van der Waals surface area contributed by atoms with E-state index in [0.29, 0.717) is 12.3 Å². The molecule has 0 aliphatic heterocycles. The Morgan fingerprint density at radius 1 is 1.29 bits per heavy atom. The molecule has 0 saturated carbocycles. The summed E-state index contributed by atoms with van der Waals surface area (Å²) in [6, 6.07) is 0. The van der Waals surface area contributed by atoms with Gasteiger partial charge in [-0.1, -0.05) is 20.8 Å². The van der Waals surface area contributed by atoms with Gasteiger partial charge in [0.15, 0.2) is 0 Å². The molecule has 0 aliphatic carbocycles. The summed E-state index contributed by atoms with van der Waals surface area (Å²) < 4.78 is 24.2. The molecule has 1 N–H and O–H groups in total. The van der Waals surface area contributed by atoms with Gasteiger partial charge in [0.25, 0.3) is 0 Å². The molecule has 1 amide bonds. The number of hydrogen-bond acceptors (Lipinski definition) is 3. The number of nitrogens with one attached hydrogen (secondary N) is 1. The van der Waals surface area contributed by atoms with Crippen molar-refractivity contribution in [2.45, 2.75) is 34.1 Å². The van der Waals surface area contributed by atoms with Crippen molar-refractivity contribution < 1.29 is 13.2 Å². The minimum absolute atomic E-state index is 0.0624. The Morgan fingerprint density at radius 2 is 1.79 bits per heavy atom. The van der Waals surface area contributed by atoms with Gasteiger partial charge in [-0.15, -0.1) is 0 Å². The van der Waals surface area contributed by atoms with Crippen LogP contribution in [0.2, 0.25) is 0 Å². The molecular formula is C9H19NO3S. The Balaban J connectivity index is 4.22. The van der Waals surface area contributed by atoms with Gasteiger partial charge >= 0.3 is 0 Å². The van der Waals surface area contributed by atoms with E-state index in [1.54, 1.807) is 6.92 Å². The summed E-state index contributed by atoms with van der Waals surface area (Å²) in [7, 11) is -3.40. The number of rotatable bonds is 5. The number of amides is 1. The lowest BCUT2D eigenvalue weighted by Crippen LogP contribution is -2.36. The van der Waals surface area contributed by atoms with Crippen LogP contribution in [0.1, 0.15) is 34.1 Å². The summed E-state index contributed by atoms with van der Waals surface area (Å²) >= 11 is 0. The second-order valence-electron chi connectivity index (χ2n) is 3.90. The van der Waals surface area contributed by atoms with E-state index < -0.39 is 15.9 Å². The highest BCUT2D eigenvalue weighted by molar-refractivity contribution is 7.90. The molecular weight excluding hydrogens is 202 g/mol. The van der Waals surface area contributed by atoms with E-state index in [4.69, 9.17) is 0 Å². The molecule has 0 aromatic carbocycles. The van der Waals surface area contributed by atoms with Crippen LogP contribution in [-0.2, 0) is 14.8 Å². The van der Waals surface area contributed by atoms with E-state index in [0.717, 1.165) is 0 Å². The second-order valence-corrected chi connectivity index (χ2v) is 5.91. The number of carbonyl (C=O) groups is 1. The fourth-order valence-corrected chi connectivity index (χ4v) is 1.79. The first-order valence-corrected chi connectivity index (χ1v) is 6.48. The van der Waals surface area contributed by atoms with Crippen molar-refractivity contribution in [2.75, 3.05) is 5.75 Å². The first kappa shape index (κ1) is 13.4. The van der Waals surface area contributed by atoms with Crippen LogP contribution >= 0.6 is 0 Å². The van der Waals surface area contributed by atoms with Crippen molar-refractivity contribution in [3.8, 4) is 0 Å². The zero-order chi connectivity index (χ0) is 11.4. The van der Waals surface area contributed by atoms with Crippen LogP contribution < -0.4 is 4.72 Å². The van der Waals surface area contributed by atoms with Gasteiger partial charge in [0.05, 0.1) is 5.75 Å². The van der Waals surface area contributed by atoms with Crippen molar-refractivity contribution >= 4 is 15.9 Å². The quantitative estimate of drug-likeness (QED) is 0.757. The van der Waals surface area contributed by atoms with Crippen molar-refractivity contribution in [2.24, 2.45) is 11.8 Å². The molecule has 0 aliphatic rings. The molecule has 1 atom stereocenters. The summed E-state index contributed by atoms with van der Waals surface area (Å²) in [6.45, 7) is 7.24. The Bertz CT molecular complexity index is 282. The molecule has 0 spiro atoms. The van der Waals surface area contributed by atoms with Gasteiger partial charge < -0.3 is 0 Å². The molecule has 0 radical (unpaired) electrons. The summed E-state index contributed by atoms with van der Waals surface area (Å²) in [5, 5.41) is 0. The van der Waals surface area contributed by atoms with E-state index in [-0.39, 0.29) is 11.7 Å². The minimum Gasteiger partial charge on any atom is -0.274 e. The average Bonchev–Trinajstić information content (AvgIpc) is 2.02. The van der Waals surface area contributed by atoms with Gasteiger partial charge in [-0.25, -0.2) is 8.42 Å². The monoisotopic (exact) mass is 221 g/mol. The Labute approximate surface area is 86.1 Å². The fraction of sp³-hybridized carbons (Fsp3) is 0.889. The van der Waals surface area contributed by atoms with Gasteiger partial charge in [-0.3, -0.25) is 9.52 Å². The molecule has 4 nitrogen and oxygen atoms in total. The largest absolute Gasteiger partial charge is 0.274 e. The van der Waals surface area contributed by atoms with Crippen LogP contribution in [0, 0.1) is 11.8 Å². The SMILES string of the molecule is CCS(=O)(=O)NC(=O)C(C)CC(C)C. The van der Waals surface area contributed by atoms with E-state index >= 15 is 0 Å². The molecule has 84 valence electrons. The number of hydrogen-bond donors (Lipinski definition) is 1. The highest BCUT2D eigenvalue weighted by Gasteiger charge is 2.18. The molecule has 0 aromatic rings. The maximum atomic E-state index is 11.4. The minimum atomic E-state index is -3.40. The predicted molar refractivity (Wildman–Crippen MR) is 56.2 cm³/mol. The number of carbonyl (C=O) groups excluding carboxylic acids is 1. The smallest absolute Gasteiger partial charge is 0.236 e. The third-order valence-corrected chi connectivity index (χ3v) is 3.18. The third-order valence-electron chi connectivity index (χ3n) is 1.91. The Morgan fingerprint density at radius 3 is 2.14 bits per heavy atom. The zero-order valence-corrected chi connectivity index (χ0v) is 10.0. The molecule has 0 bridgehead atoms. The van der Waals surface area contributed by atoms with E-state index in [9.17, 15) is 13.2 Å². The lowest BCUT2D eigenvalue weighted by molar-refractivity contribution is -0.123. The van der Waals surface area contributed by atoms with Gasteiger partial charge in [0, 0.05) is 5.92 Å².